The lowest BCUT2D eigenvalue weighted by Crippen LogP contribution is -2.59. The third-order valence-electron chi connectivity index (χ3n) is 7.54. The van der Waals surface area contributed by atoms with Crippen molar-refractivity contribution in [2.45, 2.75) is 42.5 Å². The van der Waals surface area contributed by atoms with Gasteiger partial charge < -0.3 is 11.1 Å². The van der Waals surface area contributed by atoms with Crippen LogP contribution in [0.3, 0.4) is 0 Å². The highest BCUT2D eigenvalue weighted by Crippen LogP contribution is 2.45. The van der Waals surface area contributed by atoms with Crippen LogP contribution in [0.5, 0.6) is 0 Å². The van der Waals surface area contributed by atoms with Crippen LogP contribution >= 0.6 is 0 Å². The molecule has 0 spiro atoms. The fourth-order valence-electron chi connectivity index (χ4n) is 5.42. The van der Waals surface area contributed by atoms with Crippen LogP contribution in [-0.2, 0) is 34.1 Å². The zero-order chi connectivity index (χ0) is 32.6. The molecule has 2 atom stereocenters. The van der Waals surface area contributed by atoms with Gasteiger partial charge in [-0.25, -0.2) is 18.2 Å². The first-order chi connectivity index (χ1) is 21.1. The van der Waals surface area contributed by atoms with Crippen LogP contribution < -0.4 is 11.1 Å². The number of sulfonamides is 1. The van der Waals surface area contributed by atoms with Gasteiger partial charge in [0.25, 0.3) is 5.91 Å². The quantitative estimate of drug-likeness (QED) is 0.182. The fourth-order valence-corrected chi connectivity index (χ4v) is 7.51. The number of hydrogen-bond acceptors (Lipinski definition) is 6. The molecule has 1 aliphatic rings. The Bertz CT molecular complexity index is 1810. The molecule has 0 aliphatic carbocycles. The van der Waals surface area contributed by atoms with Crippen molar-refractivity contribution in [3.8, 4) is 11.3 Å². The number of rotatable bonds is 9. The minimum Gasteiger partial charge on any atom is -0.366 e. The lowest BCUT2D eigenvalue weighted by atomic mass is 10.1. The maximum Gasteiger partial charge on any atom is 0.416 e. The summed E-state index contributed by atoms with van der Waals surface area (Å²) in [5.41, 5.74) is 5.85. The van der Waals surface area contributed by atoms with Gasteiger partial charge in [-0.15, -0.1) is 0 Å². The van der Waals surface area contributed by atoms with Crippen molar-refractivity contribution in [2.24, 2.45) is 5.73 Å². The van der Waals surface area contributed by atoms with E-state index in [9.17, 15) is 30.8 Å². The maximum absolute atomic E-state index is 15.1. The van der Waals surface area contributed by atoms with E-state index < -0.39 is 73.7 Å². The normalized spacial score (nSPS) is 19.7. The number of aromatic nitrogens is 2. The molecule has 3 heterocycles. The minimum absolute atomic E-state index is 0.109. The number of primary amides is 1. The van der Waals surface area contributed by atoms with Gasteiger partial charge in [0.2, 0.25) is 0 Å². The van der Waals surface area contributed by atoms with Gasteiger partial charge in [0, 0.05) is 30.1 Å². The number of nitrogens with one attached hydrogen (secondary N) is 1. The number of nitrogens with zero attached hydrogens (tertiary/aromatic N) is 3. The molecule has 0 bridgehead atoms. The lowest BCUT2D eigenvalue weighted by molar-refractivity contribution is -0.827. The average molecular weight is 651 g/mol. The van der Waals surface area contributed by atoms with Crippen LogP contribution in [-0.4, -0.2) is 46.7 Å². The zero-order valence-electron chi connectivity index (χ0n) is 23.3. The van der Waals surface area contributed by atoms with E-state index in [0.717, 1.165) is 42.0 Å². The molecular formula is C30H26F6N5O3S+. The highest BCUT2D eigenvalue weighted by molar-refractivity contribution is 7.86. The van der Waals surface area contributed by atoms with Crippen molar-refractivity contribution in [3.05, 3.63) is 108 Å². The van der Waals surface area contributed by atoms with E-state index in [1.54, 1.807) is 24.5 Å². The topological polar surface area (TPSA) is 115 Å². The second-order valence-electron chi connectivity index (χ2n) is 10.7. The van der Waals surface area contributed by atoms with Gasteiger partial charge in [-0.2, -0.15) is 25.5 Å². The molecular weight excluding hydrogens is 624 g/mol. The Morgan fingerprint density at radius 3 is 2.22 bits per heavy atom. The third-order valence-corrected chi connectivity index (χ3v) is 9.88. The van der Waals surface area contributed by atoms with Crippen LogP contribution in [0.2, 0.25) is 0 Å². The van der Waals surface area contributed by atoms with Gasteiger partial charge >= 0.3 is 22.1 Å². The third kappa shape index (κ3) is 6.63. The van der Waals surface area contributed by atoms with Gasteiger partial charge in [-0.1, -0.05) is 12.1 Å². The Balaban J connectivity index is 1.64. The number of halogens is 6. The van der Waals surface area contributed by atoms with Crippen molar-refractivity contribution in [1.29, 1.82) is 0 Å². The molecule has 1 amide bonds. The van der Waals surface area contributed by atoms with Gasteiger partial charge in [-0.05, 0) is 66.2 Å². The van der Waals surface area contributed by atoms with E-state index >= 15 is 8.78 Å². The summed E-state index contributed by atoms with van der Waals surface area (Å²) >= 11 is 0. The molecule has 3 N–H and O–H groups in total. The Labute approximate surface area is 254 Å². The smallest absolute Gasteiger partial charge is 0.366 e. The molecule has 1 aliphatic heterocycles. The zero-order valence-corrected chi connectivity index (χ0v) is 24.1. The standard InChI is InChI=1S/C30H25F6N5O3S/c31-23-5-7-24(8-6-23)45(43,44)41(18-29(32,33)15-26(41)28(37)42)17-20-13-25(21-1-3-22(4-2-21)30(34,35)36)40-27(14-20)39-16-19-9-11-38-12-10-19/h1-14,26H,15-18H2,(H2-,37,39,40,42)/p+1/t26-,41?/m0/s1. The minimum atomic E-state index is -4.83. The molecule has 236 valence electrons. The predicted octanol–water partition coefficient (Wildman–Crippen LogP) is 5.51. The van der Waals surface area contributed by atoms with Crippen LogP contribution in [0, 0.1) is 5.82 Å². The fraction of sp³-hybridized carbons (Fsp3) is 0.233. The van der Waals surface area contributed by atoms with E-state index in [1.165, 1.54) is 24.3 Å². The SMILES string of the molecule is NC(=O)[C@@H]1CC(F)(F)C[N+]1(Cc1cc(NCc2ccncc2)nc(-c2ccc(C(F)(F)F)cc2)c1)S(=O)(=O)c1ccc(F)cc1. The number of carbonyl (C=O) groups is 1. The summed E-state index contributed by atoms with van der Waals surface area (Å²) in [5, 5.41) is 3.05. The highest BCUT2D eigenvalue weighted by Gasteiger charge is 2.65. The van der Waals surface area contributed by atoms with Gasteiger partial charge in [0.05, 0.1) is 17.7 Å². The number of amides is 1. The highest BCUT2D eigenvalue weighted by atomic mass is 32.2. The average Bonchev–Trinajstić information content (AvgIpc) is 3.28. The van der Waals surface area contributed by atoms with E-state index in [0.29, 0.717) is 0 Å². The molecule has 4 aromatic rings. The van der Waals surface area contributed by atoms with E-state index in [4.69, 9.17) is 5.73 Å². The summed E-state index contributed by atoms with van der Waals surface area (Å²) in [4.78, 5) is 20.5. The Morgan fingerprint density at radius 2 is 1.62 bits per heavy atom. The van der Waals surface area contributed by atoms with Crippen LogP contribution in [0.1, 0.15) is 23.1 Å². The summed E-state index contributed by atoms with van der Waals surface area (Å²) in [6.45, 7) is -1.79. The number of pyridine rings is 2. The lowest BCUT2D eigenvalue weighted by Gasteiger charge is -2.36. The number of nitrogens with two attached hydrogens (primary N) is 1. The second kappa shape index (κ2) is 11.8. The van der Waals surface area contributed by atoms with Crippen LogP contribution in [0.15, 0.2) is 90.1 Å². The molecule has 1 saturated heterocycles. The maximum atomic E-state index is 15.1. The van der Waals surface area contributed by atoms with Crippen molar-refractivity contribution < 1.29 is 43.4 Å². The monoisotopic (exact) mass is 650 g/mol. The summed E-state index contributed by atoms with van der Waals surface area (Å²) < 4.78 is 110. The number of carbonyl (C=O) groups excluding carboxylic acids is 1. The predicted molar refractivity (Wildman–Crippen MR) is 151 cm³/mol. The summed E-state index contributed by atoms with van der Waals surface area (Å²) in [6, 6.07) is 11.9. The van der Waals surface area contributed by atoms with Gasteiger partial charge in [0.1, 0.15) is 23.1 Å². The molecule has 1 fully saturated rings. The molecule has 0 saturated carbocycles. The first-order valence-corrected chi connectivity index (χ1v) is 14.9. The largest absolute Gasteiger partial charge is 0.416 e. The van der Waals surface area contributed by atoms with Gasteiger partial charge in [-0.3, -0.25) is 9.78 Å². The van der Waals surface area contributed by atoms with Crippen LogP contribution in [0.4, 0.5) is 32.2 Å². The number of likely N-dealkylation sites (tertiary alicyclic amines) is 1. The van der Waals surface area contributed by atoms with Crippen molar-refractivity contribution in [1.82, 2.24) is 9.97 Å². The molecule has 8 nitrogen and oxygen atoms in total. The van der Waals surface area contributed by atoms with E-state index in [-0.39, 0.29) is 29.2 Å². The molecule has 45 heavy (non-hydrogen) atoms. The molecule has 15 heteroatoms. The number of alkyl halides is 5. The molecule has 0 radical (unpaired) electrons. The number of quaternary nitrogens is 1. The first kappa shape index (κ1) is 31.9. The number of anilines is 1. The van der Waals surface area contributed by atoms with Crippen molar-refractivity contribution in [2.75, 3.05) is 11.9 Å². The van der Waals surface area contributed by atoms with E-state index in [2.05, 4.69) is 15.3 Å². The molecule has 1 unspecified atom stereocenters. The Morgan fingerprint density at radius 1 is 0.978 bits per heavy atom. The number of hydrogen-bond donors (Lipinski definition) is 2. The van der Waals surface area contributed by atoms with Crippen LogP contribution in [0.25, 0.3) is 11.3 Å². The van der Waals surface area contributed by atoms with Crippen molar-refractivity contribution in [3.63, 3.8) is 0 Å². The number of benzene rings is 2. The summed E-state index contributed by atoms with van der Waals surface area (Å²) in [6.07, 6.45) is -2.63. The Hall–Kier alpha value is -4.50. The molecule has 2 aromatic carbocycles. The Kier molecular flexibility index (Phi) is 8.35. The first-order valence-electron chi connectivity index (χ1n) is 13.5. The van der Waals surface area contributed by atoms with E-state index in [1.807, 2.05) is 0 Å². The second-order valence-corrected chi connectivity index (χ2v) is 12.9. The molecule has 2 aromatic heterocycles. The summed E-state index contributed by atoms with van der Waals surface area (Å²) in [5.74, 6) is -5.50. The van der Waals surface area contributed by atoms with Crippen molar-refractivity contribution >= 4 is 21.7 Å². The molecule has 5 rings (SSSR count). The summed E-state index contributed by atoms with van der Waals surface area (Å²) in [7, 11) is -4.83. The van der Waals surface area contributed by atoms with Gasteiger partial charge in [0.15, 0.2) is 12.6 Å².